The molecular formula is C18H18ClFN4S. The van der Waals surface area contributed by atoms with Gasteiger partial charge in [0.25, 0.3) is 0 Å². The molecule has 0 fully saturated rings. The highest BCUT2D eigenvalue weighted by molar-refractivity contribution is 7.71. The monoisotopic (exact) mass is 376 g/mol. The molecule has 0 saturated heterocycles. The molecule has 0 saturated carbocycles. The van der Waals surface area contributed by atoms with Gasteiger partial charge < -0.3 is 0 Å². The number of aromatic nitrogens is 3. The van der Waals surface area contributed by atoms with Crippen LogP contribution < -0.4 is 0 Å². The van der Waals surface area contributed by atoms with Crippen LogP contribution in [0.4, 0.5) is 4.39 Å². The van der Waals surface area contributed by atoms with Crippen LogP contribution >= 0.6 is 23.8 Å². The molecule has 3 rings (SSSR count). The zero-order valence-electron chi connectivity index (χ0n) is 14.0. The summed E-state index contributed by atoms with van der Waals surface area (Å²) < 4.78 is 18.2. The van der Waals surface area contributed by atoms with Gasteiger partial charge in [-0.05, 0) is 50.5 Å². The first-order valence-corrected chi connectivity index (χ1v) is 8.59. The fraction of sp³-hybridized carbons (Fsp3) is 0.222. The van der Waals surface area contributed by atoms with Gasteiger partial charge in [-0.1, -0.05) is 35.9 Å². The highest BCUT2D eigenvalue weighted by atomic mass is 35.5. The van der Waals surface area contributed by atoms with Gasteiger partial charge in [0.2, 0.25) is 4.77 Å². The molecule has 0 spiro atoms. The Kier molecular flexibility index (Phi) is 5.32. The number of halogens is 2. The van der Waals surface area contributed by atoms with E-state index in [1.165, 1.54) is 6.07 Å². The summed E-state index contributed by atoms with van der Waals surface area (Å²) in [7, 11) is 1.88. The minimum absolute atomic E-state index is 0.311. The molecule has 1 aromatic heterocycles. The molecule has 0 aliphatic heterocycles. The van der Waals surface area contributed by atoms with Gasteiger partial charge in [0.1, 0.15) is 11.6 Å². The average molecular weight is 377 g/mol. The minimum atomic E-state index is -0.311. The summed E-state index contributed by atoms with van der Waals surface area (Å²) in [5, 5.41) is 4.94. The average Bonchev–Trinajstić information content (AvgIpc) is 2.85. The summed E-state index contributed by atoms with van der Waals surface area (Å²) in [5.41, 5.74) is 1.44. The van der Waals surface area contributed by atoms with Crippen LogP contribution in [0, 0.1) is 17.5 Å². The molecule has 130 valence electrons. The standard InChI is InChI=1S/C18H18ClFN4S/c1-13-21-23(18(25)24(13)14-7-4-3-5-8-14)12-22(2)11-15-16(19)9-6-10-17(15)20/h3-10H,11-12H2,1-2H3. The van der Waals surface area contributed by atoms with Gasteiger partial charge >= 0.3 is 0 Å². The molecule has 0 radical (unpaired) electrons. The quantitative estimate of drug-likeness (QED) is 0.609. The highest BCUT2D eigenvalue weighted by Crippen LogP contribution is 2.20. The third-order valence-corrected chi connectivity index (χ3v) is 4.63. The highest BCUT2D eigenvalue weighted by Gasteiger charge is 2.13. The molecule has 0 bridgehead atoms. The van der Waals surface area contributed by atoms with Crippen molar-refractivity contribution in [2.75, 3.05) is 7.05 Å². The SMILES string of the molecule is Cc1nn(CN(C)Cc2c(F)cccc2Cl)c(=S)n1-c1ccccc1. The minimum Gasteiger partial charge on any atom is -0.283 e. The lowest BCUT2D eigenvalue weighted by Crippen LogP contribution is -2.23. The summed E-state index contributed by atoms with van der Waals surface area (Å²) in [5.74, 6) is 0.488. The van der Waals surface area contributed by atoms with Crippen LogP contribution in [0.2, 0.25) is 5.02 Å². The number of aryl methyl sites for hydroxylation is 1. The van der Waals surface area contributed by atoms with Crippen LogP contribution in [0.3, 0.4) is 0 Å². The molecular weight excluding hydrogens is 359 g/mol. The van der Waals surface area contributed by atoms with Crippen LogP contribution in [-0.4, -0.2) is 26.3 Å². The molecule has 25 heavy (non-hydrogen) atoms. The van der Waals surface area contributed by atoms with E-state index in [0.29, 0.717) is 28.6 Å². The molecule has 0 N–H and O–H groups in total. The third kappa shape index (κ3) is 3.81. The number of hydrogen-bond acceptors (Lipinski definition) is 3. The van der Waals surface area contributed by atoms with E-state index >= 15 is 0 Å². The summed E-state index contributed by atoms with van der Waals surface area (Å²) in [6.45, 7) is 2.71. The van der Waals surface area contributed by atoms with Crippen molar-refractivity contribution in [3.05, 3.63) is 75.5 Å². The molecule has 0 aliphatic rings. The van der Waals surface area contributed by atoms with Gasteiger partial charge in [-0.2, -0.15) is 5.10 Å². The number of nitrogens with zero attached hydrogens (tertiary/aromatic N) is 4. The van der Waals surface area contributed by atoms with Crippen molar-refractivity contribution in [3.63, 3.8) is 0 Å². The molecule has 0 atom stereocenters. The summed E-state index contributed by atoms with van der Waals surface area (Å²) in [4.78, 5) is 1.92. The van der Waals surface area contributed by atoms with E-state index in [0.717, 1.165) is 11.5 Å². The Labute approximate surface area is 156 Å². The maximum absolute atomic E-state index is 14.0. The number of para-hydroxylation sites is 1. The Morgan fingerprint density at radius 2 is 1.88 bits per heavy atom. The van der Waals surface area contributed by atoms with Gasteiger partial charge in [-0.3, -0.25) is 9.47 Å². The Balaban J connectivity index is 1.83. The summed E-state index contributed by atoms with van der Waals surface area (Å²) >= 11 is 11.7. The van der Waals surface area contributed by atoms with Crippen LogP contribution in [-0.2, 0) is 13.2 Å². The van der Waals surface area contributed by atoms with Gasteiger partial charge in [0.15, 0.2) is 0 Å². The lowest BCUT2D eigenvalue weighted by atomic mass is 10.2. The van der Waals surface area contributed by atoms with Gasteiger partial charge in [0.05, 0.1) is 6.67 Å². The largest absolute Gasteiger partial charge is 0.283 e. The van der Waals surface area contributed by atoms with Crippen LogP contribution in [0.25, 0.3) is 5.69 Å². The molecule has 0 aliphatic carbocycles. The maximum atomic E-state index is 14.0. The normalized spacial score (nSPS) is 11.2. The Morgan fingerprint density at radius 1 is 1.16 bits per heavy atom. The number of benzene rings is 2. The van der Waals surface area contributed by atoms with E-state index in [2.05, 4.69) is 5.10 Å². The van der Waals surface area contributed by atoms with E-state index in [9.17, 15) is 4.39 Å². The predicted molar refractivity (Wildman–Crippen MR) is 100 cm³/mol. The lowest BCUT2D eigenvalue weighted by molar-refractivity contribution is 0.241. The molecule has 0 amide bonds. The molecule has 1 heterocycles. The van der Waals surface area contributed by atoms with Gasteiger partial charge in [0, 0.05) is 22.8 Å². The van der Waals surface area contributed by atoms with Gasteiger partial charge in [-0.15, -0.1) is 0 Å². The first kappa shape index (κ1) is 17.8. The summed E-state index contributed by atoms with van der Waals surface area (Å²) in [6, 6.07) is 14.5. The van der Waals surface area contributed by atoms with E-state index in [4.69, 9.17) is 23.8 Å². The Bertz CT molecular complexity index is 916. The number of hydrogen-bond donors (Lipinski definition) is 0. The predicted octanol–water partition coefficient (Wildman–Crippen LogP) is 4.59. The van der Waals surface area contributed by atoms with E-state index < -0.39 is 0 Å². The lowest BCUT2D eigenvalue weighted by Gasteiger charge is -2.17. The second-order valence-corrected chi connectivity index (χ2v) is 6.63. The first-order chi connectivity index (χ1) is 12.0. The van der Waals surface area contributed by atoms with E-state index in [-0.39, 0.29) is 5.82 Å². The van der Waals surface area contributed by atoms with Crippen molar-refractivity contribution in [1.82, 2.24) is 19.2 Å². The maximum Gasteiger partial charge on any atom is 0.203 e. The van der Waals surface area contributed by atoms with Crippen LogP contribution in [0.5, 0.6) is 0 Å². The fourth-order valence-electron chi connectivity index (χ4n) is 2.71. The van der Waals surface area contributed by atoms with Crippen LogP contribution in [0.15, 0.2) is 48.5 Å². The van der Waals surface area contributed by atoms with Crippen molar-refractivity contribution >= 4 is 23.8 Å². The topological polar surface area (TPSA) is 26.0 Å². The Hall–Kier alpha value is -2.02. The fourth-order valence-corrected chi connectivity index (χ4v) is 3.27. The molecule has 7 heteroatoms. The van der Waals surface area contributed by atoms with Crippen molar-refractivity contribution < 1.29 is 4.39 Å². The summed E-state index contributed by atoms with van der Waals surface area (Å²) in [6.07, 6.45) is 0. The van der Waals surface area contributed by atoms with Crippen molar-refractivity contribution in [2.45, 2.75) is 20.1 Å². The molecule has 4 nitrogen and oxygen atoms in total. The molecule has 3 aromatic rings. The number of rotatable bonds is 5. The van der Waals surface area contributed by atoms with E-state index in [1.807, 2.05) is 53.8 Å². The zero-order chi connectivity index (χ0) is 18.0. The zero-order valence-corrected chi connectivity index (χ0v) is 15.6. The third-order valence-electron chi connectivity index (χ3n) is 3.88. The second kappa shape index (κ2) is 7.47. The van der Waals surface area contributed by atoms with Crippen LogP contribution in [0.1, 0.15) is 11.4 Å². The van der Waals surface area contributed by atoms with Crippen molar-refractivity contribution in [1.29, 1.82) is 0 Å². The van der Waals surface area contributed by atoms with E-state index in [1.54, 1.807) is 16.8 Å². The first-order valence-electron chi connectivity index (χ1n) is 7.80. The molecule has 0 unspecified atom stereocenters. The van der Waals surface area contributed by atoms with Crippen molar-refractivity contribution in [2.24, 2.45) is 0 Å². The van der Waals surface area contributed by atoms with Crippen molar-refractivity contribution in [3.8, 4) is 5.69 Å². The van der Waals surface area contributed by atoms with Gasteiger partial charge in [-0.25, -0.2) is 9.07 Å². The second-order valence-electron chi connectivity index (χ2n) is 5.86. The molecule has 2 aromatic carbocycles. The smallest absolute Gasteiger partial charge is 0.203 e. The Morgan fingerprint density at radius 3 is 2.56 bits per heavy atom.